The molecule has 19 heavy (non-hydrogen) atoms. The number of rotatable bonds is 4. The van der Waals surface area contributed by atoms with Gasteiger partial charge in [0.25, 0.3) is 0 Å². The fourth-order valence-corrected chi connectivity index (χ4v) is 3.49. The first-order chi connectivity index (χ1) is 9.33. The Kier molecular flexibility index (Phi) is 4.13. The predicted molar refractivity (Wildman–Crippen MR) is 80.8 cm³/mol. The number of hydrogen-bond acceptors (Lipinski definition) is 4. The van der Waals surface area contributed by atoms with Gasteiger partial charge in [-0.25, -0.2) is 0 Å². The van der Waals surface area contributed by atoms with Crippen LogP contribution in [0.4, 0.5) is 0 Å². The molecule has 1 unspecified atom stereocenters. The molecule has 1 atom stereocenters. The van der Waals surface area contributed by atoms with Crippen LogP contribution in [0, 0.1) is 0 Å². The molecule has 1 aliphatic rings. The van der Waals surface area contributed by atoms with Crippen LogP contribution in [0.25, 0.3) is 10.1 Å². The largest absolute Gasteiger partial charge is 0.374 e. The maximum absolute atomic E-state index is 5.75. The molecule has 1 N–H and O–H groups in total. The van der Waals surface area contributed by atoms with E-state index in [1.807, 2.05) is 11.3 Å². The fourth-order valence-electron chi connectivity index (χ4n) is 2.53. The Hall–Kier alpha value is -0.940. The molecule has 4 heteroatoms. The average molecular weight is 276 g/mol. The van der Waals surface area contributed by atoms with Gasteiger partial charge in [-0.1, -0.05) is 18.2 Å². The summed E-state index contributed by atoms with van der Waals surface area (Å²) >= 11 is 1.82. The molecule has 1 aliphatic heterocycles. The number of benzene rings is 1. The summed E-state index contributed by atoms with van der Waals surface area (Å²) in [4.78, 5) is 2.33. The zero-order chi connectivity index (χ0) is 13.1. The molecule has 3 nitrogen and oxygen atoms in total. The molecule has 0 aliphatic carbocycles. The number of fused-ring (bicyclic) bond motifs is 1. The van der Waals surface area contributed by atoms with Gasteiger partial charge in [-0.05, 0) is 29.4 Å². The summed E-state index contributed by atoms with van der Waals surface area (Å²) in [5.41, 5.74) is 1.39. The van der Waals surface area contributed by atoms with Crippen molar-refractivity contribution >= 4 is 21.4 Å². The second-order valence-electron chi connectivity index (χ2n) is 5.14. The Bertz CT molecular complexity index is 540. The topological polar surface area (TPSA) is 24.5 Å². The third-order valence-electron chi connectivity index (χ3n) is 3.59. The van der Waals surface area contributed by atoms with E-state index in [1.54, 1.807) is 0 Å². The second-order valence-corrected chi connectivity index (χ2v) is 6.05. The molecule has 2 aromatic rings. The fraction of sp³-hybridized carbons (Fsp3) is 0.467. The smallest absolute Gasteiger partial charge is 0.0826 e. The molecule has 1 aromatic heterocycles. The Balaban J connectivity index is 1.55. The van der Waals surface area contributed by atoms with Crippen LogP contribution in [0.2, 0.25) is 0 Å². The lowest BCUT2D eigenvalue weighted by Gasteiger charge is -2.30. The van der Waals surface area contributed by atoms with Crippen LogP contribution in [-0.2, 0) is 11.3 Å². The van der Waals surface area contributed by atoms with Gasteiger partial charge in [0, 0.05) is 30.9 Å². The van der Waals surface area contributed by atoms with E-state index in [9.17, 15) is 0 Å². The molecule has 0 amide bonds. The summed E-state index contributed by atoms with van der Waals surface area (Å²) in [7, 11) is 2.15. The van der Waals surface area contributed by atoms with Gasteiger partial charge in [-0.15, -0.1) is 11.3 Å². The number of hydrogen-bond donors (Lipinski definition) is 1. The van der Waals surface area contributed by atoms with Crippen LogP contribution in [0.5, 0.6) is 0 Å². The highest BCUT2D eigenvalue weighted by Crippen LogP contribution is 2.25. The first kappa shape index (κ1) is 13.1. The third-order valence-corrected chi connectivity index (χ3v) is 4.60. The zero-order valence-electron chi connectivity index (χ0n) is 11.3. The third kappa shape index (κ3) is 3.15. The average Bonchev–Trinajstić information content (AvgIpc) is 2.83. The number of thiophene rings is 1. The molecular weight excluding hydrogens is 256 g/mol. The minimum Gasteiger partial charge on any atom is -0.374 e. The molecule has 0 spiro atoms. The zero-order valence-corrected chi connectivity index (χ0v) is 12.1. The molecule has 1 saturated heterocycles. The molecule has 0 saturated carbocycles. The van der Waals surface area contributed by atoms with Crippen molar-refractivity contribution in [2.45, 2.75) is 12.6 Å². The maximum Gasteiger partial charge on any atom is 0.0826 e. The van der Waals surface area contributed by atoms with Crippen molar-refractivity contribution in [3.63, 3.8) is 0 Å². The summed E-state index contributed by atoms with van der Waals surface area (Å²) in [5, 5.41) is 7.16. The predicted octanol–water partition coefficient (Wildman–Crippen LogP) is 2.32. The van der Waals surface area contributed by atoms with Crippen LogP contribution in [0.15, 0.2) is 29.6 Å². The van der Waals surface area contributed by atoms with Crippen molar-refractivity contribution in [3.05, 3.63) is 35.2 Å². The number of nitrogens with one attached hydrogen (secondary N) is 1. The molecular formula is C15H20N2OS. The van der Waals surface area contributed by atoms with Gasteiger partial charge < -0.3 is 15.0 Å². The Labute approximate surface area is 118 Å². The van der Waals surface area contributed by atoms with E-state index >= 15 is 0 Å². The highest BCUT2D eigenvalue weighted by molar-refractivity contribution is 7.17. The number of nitrogens with zero attached hydrogens (tertiary/aromatic N) is 1. The standard InChI is InChI=1S/C15H20N2OS/c1-17-6-7-18-13(10-17)9-16-8-12-11-19-15-5-3-2-4-14(12)15/h2-5,11,13,16H,6-10H2,1H3. The highest BCUT2D eigenvalue weighted by atomic mass is 32.1. The summed E-state index contributed by atoms with van der Waals surface area (Å²) in [6.07, 6.45) is 0.323. The van der Waals surface area contributed by atoms with Crippen LogP contribution in [-0.4, -0.2) is 44.3 Å². The SMILES string of the molecule is CN1CCOC(CNCc2csc3ccccc23)C1. The Morgan fingerprint density at radius 3 is 3.21 bits per heavy atom. The van der Waals surface area contributed by atoms with Gasteiger partial charge in [0.2, 0.25) is 0 Å². The van der Waals surface area contributed by atoms with E-state index in [-0.39, 0.29) is 0 Å². The summed E-state index contributed by atoms with van der Waals surface area (Å²) in [6.45, 7) is 4.77. The summed E-state index contributed by atoms with van der Waals surface area (Å²) in [5.74, 6) is 0. The van der Waals surface area contributed by atoms with E-state index < -0.39 is 0 Å². The minimum absolute atomic E-state index is 0.323. The lowest BCUT2D eigenvalue weighted by atomic mass is 10.2. The van der Waals surface area contributed by atoms with E-state index in [4.69, 9.17) is 4.74 Å². The second kappa shape index (κ2) is 6.01. The quantitative estimate of drug-likeness (QED) is 0.927. The van der Waals surface area contributed by atoms with Crippen molar-refractivity contribution in [1.82, 2.24) is 10.2 Å². The molecule has 0 bridgehead atoms. The van der Waals surface area contributed by atoms with E-state index in [0.717, 1.165) is 32.8 Å². The summed E-state index contributed by atoms with van der Waals surface area (Å²) < 4.78 is 7.12. The van der Waals surface area contributed by atoms with E-state index in [0.29, 0.717) is 6.10 Å². The molecule has 3 rings (SSSR count). The molecule has 2 heterocycles. The van der Waals surface area contributed by atoms with Gasteiger partial charge in [0.05, 0.1) is 12.7 Å². The highest BCUT2D eigenvalue weighted by Gasteiger charge is 2.17. The normalized spacial score (nSPS) is 21.0. The van der Waals surface area contributed by atoms with Crippen molar-refractivity contribution in [2.75, 3.05) is 33.3 Å². The van der Waals surface area contributed by atoms with Crippen molar-refractivity contribution in [3.8, 4) is 0 Å². The Morgan fingerprint density at radius 1 is 1.42 bits per heavy atom. The van der Waals surface area contributed by atoms with Crippen molar-refractivity contribution < 1.29 is 4.74 Å². The van der Waals surface area contributed by atoms with Crippen LogP contribution < -0.4 is 5.32 Å². The van der Waals surface area contributed by atoms with Crippen LogP contribution in [0.3, 0.4) is 0 Å². The Morgan fingerprint density at radius 2 is 2.32 bits per heavy atom. The number of morpholine rings is 1. The van der Waals surface area contributed by atoms with Gasteiger partial charge in [-0.2, -0.15) is 0 Å². The van der Waals surface area contributed by atoms with Gasteiger partial charge >= 0.3 is 0 Å². The maximum atomic E-state index is 5.75. The lowest BCUT2D eigenvalue weighted by Crippen LogP contribution is -2.44. The number of likely N-dealkylation sites (N-methyl/N-ethyl adjacent to an activating group) is 1. The van der Waals surface area contributed by atoms with Crippen LogP contribution >= 0.6 is 11.3 Å². The monoisotopic (exact) mass is 276 g/mol. The number of ether oxygens (including phenoxy) is 1. The molecule has 1 fully saturated rings. The van der Waals surface area contributed by atoms with Gasteiger partial charge in [0.15, 0.2) is 0 Å². The van der Waals surface area contributed by atoms with Gasteiger partial charge in [-0.3, -0.25) is 0 Å². The summed E-state index contributed by atoms with van der Waals surface area (Å²) in [6, 6.07) is 8.59. The molecule has 102 valence electrons. The van der Waals surface area contributed by atoms with Gasteiger partial charge in [0.1, 0.15) is 0 Å². The van der Waals surface area contributed by atoms with Crippen LogP contribution in [0.1, 0.15) is 5.56 Å². The minimum atomic E-state index is 0.323. The molecule has 0 radical (unpaired) electrons. The van der Waals surface area contributed by atoms with Crippen molar-refractivity contribution in [1.29, 1.82) is 0 Å². The first-order valence-electron chi connectivity index (χ1n) is 6.79. The van der Waals surface area contributed by atoms with Crippen molar-refractivity contribution in [2.24, 2.45) is 0 Å². The molecule has 1 aromatic carbocycles. The van der Waals surface area contributed by atoms with E-state index in [1.165, 1.54) is 15.6 Å². The van der Waals surface area contributed by atoms with E-state index in [2.05, 4.69) is 46.9 Å². The first-order valence-corrected chi connectivity index (χ1v) is 7.67. The lowest BCUT2D eigenvalue weighted by molar-refractivity contribution is -0.0182.